The number of nitrogens with zero attached hydrogens (tertiary/aromatic N) is 4. The first kappa shape index (κ1) is 14.6. The topological polar surface area (TPSA) is 88.1 Å². The van der Waals surface area contributed by atoms with Crippen molar-refractivity contribution in [2.24, 2.45) is 0 Å². The van der Waals surface area contributed by atoms with E-state index in [0.717, 1.165) is 5.39 Å². The molecule has 2 aromatic heterocycles. The first-order chi connectivity index (χ1) is 9.38. The maximum absolute atomic E-state index is 11.3. The molecule has 2 rings (SSSR count). The highest BCUT2D eigenvalue weighted by Gasteiger charge is 2.11. The molecule has 0 spiro atoms. The fourth-order valence-corrected chi connectivity index (χ4v) is 2.13. The van der Waals surface area contributed by atoms with Gasteiger partial charge in [-0.1, -0.05) is 0 Å². The van der Waals surface area contributed by atoms with Crippen molar-refractivity contribution >= 4 is 26.9 Å². The molecule has 1 N–H and O–H groups in total. The third kappa shape index (κ3) is 3.40. The van der Waals surface area contributed by atoms with E-state index in [9.17, 15) is 8.42 Å². The second kappa shape index (κ2) is 5.68. The van der Waals surface area contributed by atoms with Gasteiger partial charge in [0.05, 0.1) is 11.6 Å². The molecular weight excluding hydrogens is 278 g/mol. The van der Waals surface area contributed by atoms with Crippen LogP contribution >= 0.6 is 0 Å². The lowest BCUT2D eigenvalue weighted by Crippen LogP contribution is -2.30. The molecule has 0 fully saturated rings. The minimum absolute atomic E-state index is 0.365. The van der Waals surface area contributed by atoms with Gasteiger partial charge in [-0.25, -0.2) is 27.7 Å². The predicted octanol–water partition coefficient (Wildman–Crippen LogP) is 0.637. The fraction of sp³-hybridized carbons (Fsp3) is 0.417. The molecule has 0 aliphatic carbocycles. The van der Waals surface area contributed by atoms with Crippen molar-refractivity contribution in [2.75, 3.05) is 31.7 Å². The number of hydrogen-bond donors (Lipinski definition) is 1. The SMILES string of the molecule is Cc1nc(NCCN(C)S(C)(=O)=O)c2cccnc2n1. The Bertz CT molecular complexity index is 717. The van der Waals surface area contributed by atoms with Crippen LogP contribution in [0, 0.1) is 6.92 Å². The molecular formula is C12H17N5O2S. The smallest absolute Gasteiger partial charge is 0.211 e. The minimum Gasteiger partial charge on any atom is -0.368 e. The molecule has 8 heteroatoms. The number of likely N-dealkylation sites (N-methyl/N-ethyl adjacent to an activating group) is 1. The van der Waals surface area contributed by atoms with Crippen LogP contribution in [0.4, 0.5) is 5.82 Å². The van der Waals surface area contributed by atoms with E-state index in [1.54, 1.807) is 20.2 Å². The quantitative estimate of drug-likeness (QED) is 0.870. The summed E-state index contributed by atoms with van der Waals surface area (Å²) in [5, 5.41) is 3.95. The molecule has 0 aromatic carbocycles. The number of pyridine rings is 1. The lowest BCUT2D eigenvalue weighted by molar-refractivity contribution is 0.486. The summed E-state index contributed by atoms with van der Waals surface area (Å²) >= 11 is 0. The highest BCUT2D eigenvalue weighted by molar-refractivity contribution is 7.88. The molecule has 0 radical (unpaired) electrons. The molecule has 0 bridgehead atoms. The van der Waals surface area contributed by atoms with E-state index < -0.39 is 10.0 Å². The number of rotatable bonds is 5. The molecule has 0 aliphatic rings. The summed E-state index contributed by atoms with van der Waals surface area (Å²) in [6, 6.07) is 3.69. The van der Waals surface area contributed by atoms with Gasteiger partial charge in [-0.05, 0) is 19.1 Å². The van der Waals surface area contributed by atoms with Crippen molar-refractivity contribution in [2.45, 2.75) is 6.92 Å². The van der Waals surface area contributed by atoms with Crippen LogP contribution in [0.3, 0.4) is 0 Å². The van der Waals surface area contributed by atoms with Gasteiger partial charge in [0.1, 0.15) is 11.6 Å². The largest absolute Gasteiger partial charge is 0.368 e. The van der Waals surface area contributed by atoms with E-state index in [2.05, 4.69) is 20.3 Å². The Labute approximate surface area is 118 Å². The van der Waals surface area contributed by atoms with Gasteiger partial charge >= 0.3 is 0 Å². The normalized spacial score (nSPS) is 12.0. The van der Waals surface area contributed by atoms with E-state index in [0.29, 0.717) is 30.4 Å². The Morgan fingerprint density at radius 1 is 1.35 bits per heavy atom. The molecule has 2 heterocycles. The molecule has 7 nitrogen and oxygen atoms in total. The summed E-state index contributed by atoms with van der Waals surface area (Å²) < 4.78 is 23.9. The lowest BCUT2D eigenvalue weighted by Gasteiger charge is -2.15. The maximum Gasteiger partial charge on any atom is 0.211 e. The molecule has 20 heavy (non-hydrogen) atoms. The van der Waals surface area contributed by atoms with Gasteiger partial charge in [0.15, 0.2) is 5.65 Å². The zero-order valence-electron chi connectivity index (χ0n) is 11.7. The molecule has 0 saturated carbocycles. The van der Waals surface area contributed by atoms with Gasteiger partial charge in [0.25, 0.3) is 0 Å². The average molecular weight is 295 g/mol. The number of hydrogen-bond acceptors (Lipinski definition) is 6. The van der Waals surface area contributed by atoms with Gasteiger partial charge in [-0.3, -0.25) is 0 Å². The molecule has 108 valence electrons. The predicted molar refractivity (Wildman–Crippen MR) is 78.0 cm³/mol. The van der Waals surface area contributed by atoms with Crippen LogP contribution < -0.4 is 5.32 Å². The highest BCUT2D eigenvalue weighted by Crippen LogP contribution is 2.17. The Hall–Kier alpha value is -1.80. The van der Waals surface area contributed by atoms with Crippen LogP contribution in [-0.2, 0) is 10.0 Å². The van der Waals surface area contributed by atoms with Gasteiger partial charge in [0, 0.05) is 26.3 Å². The van der Waals surface area contributed by atoms with E-state index in [4.69, 9.17) is 0 Å². The Kier molecular flexibility index (Phi) is 4.15. The number of anilines is 1. The van der Waals surface area contributed by atoms with Crippen molar-refractivity contribution < 1.29 is 8.42 Å². The lowest BCUT2D eigenvalue weighted by atomic mass is 10.3. The summed E-state index contributed by atoms with van der Waals surface area (Å²) in [7, 11) is -1.62. The van der Waals surface area contributed by atoms with Crippen LogP contribution in [0.25, 0.3) is 11.0 Å². The van der Waals surface area contributed by atoms with E-state index in [-0.39, 0.29) is 0 Å². The standard InChI is InChI=1S/C12H17N5O2S/c1-9-15-11-10(5-4-6-13-11)12(16-9)14-7-8-17(2)20(3,18)19/h4-6H,7-8H2,1-3H3,(H,13,14,15,16). The Balaban J connectivity index is 2.14. The third-order valence-corrected chi connectivity index (χ3v) is 4.18. The van der Waals surface area contributed by atoms with Gasteiger partial charge < -0.3 is 5.32 Å². The summed E-state index contributed by atoms with van der Waals surface area (Å²) in [6.45, 7) is 2.62. The summed E-state index contributed by atoms with van der Waals surface area (Å²) in [6.07, 6.45) is 2.86. The highest BCUT2D eigenvalue weighted by atomic mass is 32.2. The molecule has 0 amide bonds. The van der Waals surface area contributed by atoms with E-state index >= 15 is 0 Å². The van der Waals surface area contributed by atoms with Gasteiger partial charge in [-0.15, -0.1) is 0 Å². The van der Waals surface area contributed by atoms with Crippen molar-refractivity contribution in [3.63, 3.8) is 0 Å². The molecule has 0 aliphatic heterocycles. The summed E-state index contributed by atoms with van der Waals surface area (Å²) in [4.78, 5) is 12.8. The Morgan fingerprint density at radius 2 is 2.10 bits per heavy atom. The van der Waals surface area contributed by atoms with Crippen LogP contribution in [0.2, 0.25) is 0 Å². The first-order valence-corrected chi connectivity index (χ1v) is 7.97. The summed E-state index contributed by atoms with van der Waals surface area (Å²) in [5.74, 6) is 1.29. The van der Waals surface area contributed by atoms with Crippen LogP contribution in [0.15, 0.2) is 18.3 Å². The second-order valence-corrected chi connectivity index (χ2v) is 6.59. The van der Waals surface area contributed by atoms with Crippen LogP contribution in [-0.4, -0.2) is 54.1 Å². The number of nitrogens with one attached hydrogen (secondary N) is 1. The molecule has 2 aromatic rings. The van der Waals surface area contributed by atoms with Crippen LogP contribution in [0.5, 0.6) is 0 Å². The summed E-state index contributed by atoms with van der Waals surface area (Å²) in [5.41, 5.74) is 0.624. The molecule has 0 saturated heterocycles. The monoisotopic (exact) mass is 295 g/mol. The van der Waals surface area contributed by atoms with Gasteiger partial charge in [0.2, 0.25) is 10.0 Å². The zero-order valence-corrected chi connectivity index (χ0v) is 12.5. The van der Waals surface area contributed by atoms with Crippen LogP contribution in [0.1, 0.15) is 5.82 Å². The second-order valence-electron chi connectivity index (χ2n) is 4.51. The van der Waals surface area contributed by atoms with Crippen molar-refractivity contribution in [3.05, 3.63) is 24.2 Å². The number of aromatic nitrogens is 3. The number of sulfonamides is 1. The zero-order chi connectivity index (χ0) is 14.8. The third-order valence-electron chi connectivity index (χ3n) is 2.87. The minimum atomic E-state index is -3.16. The van der Waals surface area contributed by atoms with Gasteiger partial charge in [-0.2, -0.15) is 0 Å². The van der Waals surface area contributed by atoms with Crippen molar-refractivity contribution in [3.8, 4) is 0 Å². The fourth-order valence-electron chi connectivity index (χ4n) is 1.70. The number of aryl methyl sites for hydroxylation is 1. The maximum atomic E-state index is 11.3. The Morgan fingerprint density at radius 3 is 2.80 bits per heavy atom. The molecule has 0 atom stereocenters. The van der Waals surface area contributed by atoms with Crippen molar-refractivity contribution in [1.82, 2.24) is 19.3 Å². The van der Waals surface area contributed by atoms with E-state index in [1.165, 1.54) is 10.6 Å². The average Bonchev–Trinajstić information content (AvgIpc) is 2.37. The van der Waals surface area contributed by atoms with Crippen molar-refractivity contribution in [1.29, 1.82) is 0 Å². The number of fused-ring (bicyclic) bond motifs is 1. The first-order valence-electron chi connectivity index (χ1n) is 6.12. The molecule has 0 unspecified atom stereocenters. The van der Waals surface area contributed by atoms with E-state index in [1.807, 2.05) is 12.1 Å².